The van der Waals surface area contributed by atoms with Crippen molar-refractivity contribution in [3.8, 4) is 0 Å². The van der Waals surface area contributed by atoms with Gasteiger partial charge in [-0.05, 0) is 36.4 Å². The number of benzene rings is 1. The quantitative estimate of drug-likeness (QED) is 0.727. The first kappa shape index (κ1) is 18.1. The van der Waals surface area contributed by atoms with E-state index in [4.69, 9.17) is 0 Å². The van der Waals surface area contributed by atoms with Gasteiger partial charge in [0.25, 0.3) is 10.0 Å². The molecule has 2 aromatic heterocycles. The minimum absolute atomic E-state index is 0.0821. The molecule has 0 atom stereocenters. The molecule has 3 aromatic rings. The minimum Gasteiger partial charge on any atom is -0.324 e. The van der Waals surface area contributed by atoms with Crippen LogP contribution in [0.5, 0.6) is 0 Å². The Kier molecular flexibility index (Phi) is 4.94. The molecule has 1 aliphatic heterocycles. The van der Waals surface area contributed by atoms with Crippen LogP contribution in [0.25, 0.3) is 10.9 Å². The van der Waals surface area contributed by atoms with Crippen LogP contribution in [0.3, 0.4) is 0 Å². The number of aromatic nitrogens is 1. The van der Waals surface area contributed by atoms with Gasteiger partial charge in [0.1, 0.15) is 4.21 Å². The molecule has 0 radical (unpaired) electrons. The molecule has 140 valence electrons. The van der Waals surface area contributed by atoms with Gasteiger partial charge in [-0.3, -0.25) is 9.78 Å². The molecule has 0 aliphatic carbocycles. The highest BCUT2D eigenvalue weighted by molar-refractivity contribution is 7.91. The van der Waals surface area contributed by atoms with E-state index in [0.29, 0.717) is 35.8 Å². The van der Waals surface area contributed by atoms with Crippen LogP contribution in [0, 0.1) is 5.92 Å². The van der Waals surface area contributed by atoms with E-state index in [2.05, 4.69) is 10.3 Å². The molecule has 1 fully saturated rings. The number of amides is 1. The highest BCUT2D eigenvalue weighted by atomic mass is 32.2. The summed E-state index contributed by atoms with van der Waals surface area (Å²) in [5, 5.41) is 5.69. The molecule has 1 saturated heterocycles. The number of nitrogens with zero attached hydrogens (tertiary/aromatic N) is 2. The van der Waals surface area contributed by atoms with E-state index >= 15 is 0 Å². The molecule has 6 nitrogen and oxygen atoms in total. The predicted octanol–water partition coefficient (Wildman–Crippen LogP) is 3.34. The average Bonchev–Trinajstić information content (AvgIpc) is 3.24. The van der Waals surface area contributed by atoms with Crippen LogP contribution >= 0.6 is 11.3 Å². The zero-order valence-electron chi connectivity index (χ0n) is 14.5. The fourth-order valence-corrected chi connectivity index (χ4v) is 5.95. The molecule has 1 aromatic carbocycles. The van der Waals surface area contributed by atoms with Gasteiger partial charge in [-0.1, -0.05) is 24.3 Å². The molecular formula is C19H19N3O3S2. The summed E-state index contributed by atoms with van der Waals surface area (Å²) < 4.78 is 27.0. The summed E-state index contributed by atoms with van der Waals surface area (Å²) in [6, 6.07) is 12.8. The maximum Gasteiger partial charge on any atom is 0.252 e. The zero-order valence-corrected chi connectivity index (χ0v) is 16.2. The molecule has 0 saturated carbocycles. The molecule has 8 heteroatoms. The van der Waals surface area contributed by atoms with E-state index in [1.54, 1.807) is 23.7 Å². The van der Waals surface area contributed by atoms with E-state index in [1.165, 1.54) is 15.6 Å². The Balaban J connectivity index is 1.43. The van der Waals surface area contributed by atoms with Crippen LogP contribution in [-0.4, -0.2) is 36.7 Å². The van der Waals surface area contributed by atoms with Gasteiger partial charge in [-0.15, -0.1) is 11.3 Å². The smallest absolute Gasteiger partial charge is 0.252 e. The Morgan fingerprint density at radius 2 is 1.89 bits per heavy atom. The lowest BCUT2D eigenvalue weighted by molar-refractivity contribution is -0.120. The second-order valence-electron chi connectivity index (χ2n) is 6.48. The normalized spacial score (nSPS) is 16.4. The zero-order chi connectivity index (χ0) is 18.9. The van der Waals surface area contributed by atoms with Crippen molar-refractivity contribution in [2.75, 3.05) is 18.4 Å². The van der Waals surface area contributed by atoms with Crippen LogP contribution < -0.4 is 5.32 Å². The van der Waals surface area contributed by atoms with Crippen LogP contribution in [0.4, 0.5) is 5.69 Å². The summed E-state index contributed by atoms with van der Waals surface area (Å²) in [5.41, 5.74) is 1.44. The summed E-state index contributed by atoms with van der Waals surface area (Å²) in [7, 11) is -3.45. The molecule has 1 amide bonds. The summed E-state index contributed by atoms with van der Waals surface area (Å²) in [6.45, 7) is 0.707. The molecule has 27 heavy (non-hydrogen) atoms. The number of thiophene rings is 1. The fourth-order valence-electron chi connectivity index (χ4n) is 3.34. The van der Waals surface area contributed by atoms with Crippen molar-refractivity contribution in [1.82, 2.24) is 9.29 Å². The third kappa shape index (κ3) is 3.60. The maximum absolute atomic E-state index is 12.7. The van der Waals surface area contributed by atoms with Crippen LogP contribution in [0.15, 0.2) is 58.3 Å². The number of carbonyl (C=O) groups excluding carboxylic acids is 1. The van der Waals surface area contributed by atoms with Crippen molar-refractivity contribution in [3.05, 3.63) is 54.0 Å². The van der Waals surface area contributed by atoms with E-state index in [1.807, 2.05) is 30.3 Å². The van der Waals surface area contributed by atoms with Crippen molar-refractivity contribution < 1.29 is 13.2 Å². The molecule has 4 rings (SSSR count). The number of hydrogen-bond donors (Lipinski definition) is 1. The summed E-state index contributed by atoms with van der Waals surface area (Å²) in [6.07, 6.45) is 2.72. The first-order valence-electron chi connectivity index (χ1n) is 8.74. The highest BCUT2D eigenvalue weighted by Gasteiger charge is 2.32. The second-order valence-corrected chi connectivity index (χ2v) is 9.59. The average molecular weight is 402 g/mol. The van der Waals surface area contributed by atoms with Gasteiger partial charge in [0.05, 0.1) is 11.2 Å². The molecule has 0 spiro atoms. The monoisotopic (exact) mass is 401 g/mol. The van der Waals surface area contributed by atoms with Crippen LogP contribution in [-0.2, 0) is 14.8 Å². The van der Waals surface area contributed by atoms with Crippen molar-refractivity contribution in [3.63, 3.8) is 0 Å². The molecule has 3 heterocycles. The maximum atomic E-state index is 12.7. The Labute approximate surface area is 161 Å². The summed E-state index contributed by atoms with van der Waals surface area (Å²) >= 11 is 1.22. The number of hydrogen-bond acceptors (Lipinski definition) is 5. The number of anilines is 1. The molecule has 1 aliphatic rings. The van der Waals surface area contributed by atoms with Crippen LogP contribution in [0.2, 0.25) is 0 Å². The molecule has 0 unspecified atom stereocenters. The summed E-state index contributed by atoms with van der Waals surface area (Å²) in [5.74, 6) is -0.292. The second kappa shape index (κ2) is 7.38. The van der Waals surface area contributed by atoms with Crippen molar-refractivity contribution in [1.29, 1.82) is 0 Å². The lowest BCUT2D eigenvalue weighted by Gasteiger charge is -2.30. The van der Waals surface area contributed by atoms with Crippen molar-refractivity contribution >= 4 is 43.9 Å². The number of nitrogens with one attached hydrogen (secondary N) is 1. The highest BCUT2D eigenvalue weighted by Crippen LogP contribution is 2.28. The third-order valence-corrected chi connectivity index (χ3v) is 8.08. The standard InChI is InChI=1S/C19H19N3O3S2/c23-19(21-16-6-1-4-14-5-2-10-20-18(14)16)15-8-11-22(12-9-15)27(24,25)17-7-3-13-26-17/h1-7,10,13,15H,8-9,11-12H2,(H,21,23). The summed E-state index contributed by atoms with van der Waals surface area (Å²) in [4.78, 5) is 17.0. The first-order valence-corrected chi connectivity index (χ1v) is 11.1. The number of carbonyl (C=O) groups is 1. The number of fused-ring (bicyclic) bond motifs is 1. The molecular weight excluding hydrogens is 382 g/mol. The predicted molar refractivity (Wildman–Crippen MR) is 106 cm³/mol. The SMILES string of the molecule is O=C(Nc1cccc2cccnc12)C1CCN(S(=O)(=O)c2cccs2)CC1. The van der Waals surface area contributed by atoms with Gasteiger partial charge in [-0.25, -0.2) is 8.42 Å². The van der Waals surface area contributed by atoms with Crippen molar-refractivity contribution in [2.24, 2.45) is 5.92 Å². The Hall–Kier alpha value is -2.29. The Bertz CT molecular complexity index is 1050. The number of sulfonamides is 1. The Morgan fingerprint density at radius 3 is 2.63 bits per heavy atom. The number of piperidine rings is 1. The number of rotatable bonds is 4. The fraction of sp³-hybridized carbons (Fsp3) is 0.263. The molecule has 0 bridgehead atoms. The van der Waals surface area contributed by atoms with Gasteiger partial charge in [0.15, 0.2) is 0 Å². The topological polar surface area (TPSA) is 79.4 Å². The third-order valence-electron chi connectivity index (χ3n) is 4.80. The van der Waals surface area contributed by atoms with Crippen LogP contribution in [0.1, 0.15) is 12.8 Å². The van der Waals surface area contributed by atoms with Crippen molar-refractivity contribution in [2.45, 2.75) is 17.1 Å². The minimum atomic E-state index is -3.45. The lowest BCUT2D eigenvalue weighted by atomic mass is 9.97. The Morgan fingerprint density at radius 1 is 1.11 bits per heavy atom. The van der Waals surface area contributed by atoms with E-state index in [0.717, 1.165) is 10.9 Å². The van der Waals surface area contributed by atoms with E-state index in [-0.39, 0.29) is 11.8 Å². The number of para-hydroxylation sites is 1. The van der Waals surface area contributed by atoms with Gasteiger partial charge < -0.3 is 5.32 Å². The van der Waals surface area contributed by atoms with Gasteiger partial charge in [-0.2, -0.15) is 4.31 Å². The lowest BCUT2D eigenvalue weighted by Crippen LogP contribution is -2.41. The van der Waals surface area contributed by atoms with Gasteiger partial charge in [0.2, 0.25) is 5.91 Å². The number of pyridine rings is 1. The largest absolute Gasteiger partial charge is 0.324 e. The molecule has 1 N–H and O–H groups in total. The van der Waals surface area contributed by atoms with Gasteiger partial charge >= 0.3 is 0 Å². The first-order chi connectivity index (χ1) is 13.1. The van der Waals surface area contributed by atoms with E-state index < -0.39 is 10.0 Å². The van der Waals surface area contributed by atoms with E-state index in [9.17, 15) is 13.2 Å². The van der Waals surface area contributed by atoms with Gasteiger partial charge in [0, 0.05) is 30.6 Å².